The van der Waals surface area contributed by atoms with Crippen LogP contribution in [0.25, 0.3) is 0 Å². The number of aryl methyl sites for hydroxylation is 1. The number of nitrogens with one attached hydrogen (secondary N) is 2. The summed E-state index contributed by atoms with van der Waals surface area (Å²) in [5, 5.41) is 15.5. The Kier molecular flexibility index (Phi) is 10.4. The fourth-order valence-corrected chi connectivity index (χ4v) is 3.18. The van der Waals surface area contributed by atoms with Crippen LogP contribution < -0.4 is 20.9 Å². The Balaban J connectivity index is 0.00000272. The Morgan fingerprint density at radius 1 is 0.636 bits per heavy atom. The summed E-state index contributed by atoms with van der Waals surface area (Å²) in [7, 11) is 0. The van der Waals surface area contributed by atoms with Gasteiger partial charge < -0.3 is 20.9 Å². The molecule has 0 saturated carbocycles. The van der Waals surface area contributed by atoms with E-state index in [1.54, 1.807) is 48.5 Å². The first-order valence-corrected chi connectivity index (χ1v) is 9.99. The van der Waals surface area contributed by atoms with Crippen molar-refractivity contribution in [2.75, 3.05) is 0 Å². The molecule has 0 atom stereocenters. The van der Waals surface area contributed by atoms with E-state index in [9.17, 15) is 0 Å². The van der Waals surface area contributed by atoms with E-state index >= 15 is 0 Å². The highest BCUT2D eigenvalue weighted by Crippen LogP contribution is 2.19. The summed E-state index contributed by atoms with van der Waals surface area (Å²) in [6.45, 7) is 1.93. The van der Waals surface area contributed by atoms with Crippen molar-refractivity contribution < 1.29 is 9.47 Å². The quantitative estimate of drug-likeness (QED) is 0.208. The lowest BCUT2D eigenvalue weighted by Gasteiger charge is -2.12. The van der Waals surface area contributed by atoms with Crippen LogP contribution in [-0.2, 0) is 0 Å². The molecule has 3 rings (SSSR count). The molecule has 172 valence electrons. The molecule has 0 aliphatic carbocycles. The van der Waals surface area contributed by atoms with E-state index in [0.29, 0.717) is 33.8 Å². The maximum absolute atomic E-state index is 7.45. The first-order chi connectivity index (χ1) is 14.7. The Morgan fingerprint density at radius 2 is 0.970 bits per heavy atom. The van der Waals surface area contributed by atoms with Crippen LogP contribution in [0.4, 0.5) is 0 Å². The molecule has 3 aromatic carbocycles. The van der Waals surface area contributed by atoms with Crippen LogP contribution in [0.5, 0.6) is 11.5 Å². The molecule has 0 saturated heterocycles. The van der Waals surface area contributed by atoms with Crippen molar-refractivity contribution in [1.29, 1.82) is 10.8 Å². The lowest BCUT2D eigenvalue weighted by Crippen LogP contribution is -2.13. The van der Waals surface area contributed by atoms with Crippen molar-refractivity contribution in [2.45, 2.75) is 6.92 Å². The van der Waals surface area contributed by atoms with Gasteiger partial charge in [-0.15, -0.1) is 24.8 Å². The number of hydrogen-bond acceptors (Lipinski definition) is 6. The number of nitrogen functional groups attached to an aromatic ring is 2. The predicted octanol–water partition coefficient (Wildman–Crippen LogP) is 4.92. The molecule has 0 heterocycles. The first kappa shape index (κ1) is 28.0. The van der Waals surface area contributed by atoms with Gasteiger partial charge in [-0.2, -0.15) is 0 Å². The minimum absolute atomic E-state index is 0. The number of benzene rings is 3. The monoisotopic (exact) mass is 520 g/mol. The van der Waals surface area contributed by atoms with Crippen LogP contribution in [0, 0.1) is 17.7 Å². The molecule has 33 heavy (non-hydrogen) atoms. The van der Waals surface area contributed by atoms with Gasteiger partial charge in [0.2, 0.25) is 0 Å². The molecule has 0 fully saturated rings. The van der Waals surface area contributed by atoms with Gasteiger partial charge >= 0.3 is 0 Å². The molecule has 0 radical (unpaired) electrons. The molecule has 0 amide bonds. The summed E-state index contributed by atoms with van der Waals surface area (Å²) in [6.07, 6.45) is 0. The summed E-state index contributed by atoms with van der Waals surface area (Å²) < 4.78 is 11.6. The van der Waals surface area contributed by atoms with E-state index in [4.69, 9.17) is 56.2 Å². The Labute approximate surface area is 215 Å². The second-order valence-corrected chi connectivity index (χ2v) is 7.48. The van der Waals surface area contributed by atoms with Gasteiger partial charge in [0.05, 0.1) is 0 Å². The number of amidine groups is 2. The van der Waals surface area contributed by atoms with E-state index in [2.05, 4.69) is 0 Å². The van der Waals surface area contributed by atoms with Crippen LogP contribution in [0.15, 0.2) is 66.7 Å². The third-order valence-electron chi connectivity index (χ3n) is 4.30. The summed E-state index contributed by atoms with van der Waals surface area (Å²) in [4.78, 5) is 0. The zero-order valence-electron chi connectivity index (χ0n) is 17.5. The summed E-state index contributed by atoms with van der Waals surface area (Å²) in [5.41, 5.74) is 14.5. The Morgan fingerprint density at radius 3 is 1.27 bits per heavy atom. The van der Waals surface area contributed by atoms with Gasteiger partial charge in [0.25, 0.3) is 0 Å². The predicted molar refractivity (Wildman–Crippen MR) is 145 cm³/mol. The summed E-state index contributed by atoms with van der Waals surface area (Å²) in [6, 6.07) is 19.2. The number of nitrogens with two attached hydrogens (primary N) is 2. The van der Waals surface area contributed by atoms with Crippen molar-refractivity contribution in [3.63, 3.8) is 0 Å². The minimum Gasteiger partial charge on any atom is -0.445 e. The first-order valence-electron chi connectivity index (χ1n) is 9.18. The Bertz CT molecular complexity index is 1090. The van der Waals surface area contributed by atoms with E-state index < -0.39 is 0 Å². The SMILES string of the molecule is Cc1cc(C(=S)Oc2ccc(C(=N)N)cc2)cc(C(=S)Oc2ccc(C(=N)N)cc2)c1.Cl.Cl. The van der Waals surface area contributed by atoms with Gasteiger partial charge in [0.1, 0.15) is 23.2 Å². The third-order valence-corrected chi connectivity index (χ3v) is 4.94. The van der Waals surface area contributed by atoms with Crippen LogP contribution in [0.1, 0.15) is 27.8 Å². The normalized spacial score (nSPS) is 9.61. The van der Waals surface area contributed by atoms with Crippen LogP contribution in [0.3, 0.4) is 0 Å². The second kappa shape index (κ2) is 12.3. The third kappa shape index (κ3) is 7.50. The van der Waals surface area contributed by atoms with E-state index in [0.717, 1.165) is 5.56 Å². The number of hydrogen-bond donors (Lipinski definition) is 4. The average molecular weight is 521 g/mol. The van der Waals surface area contributed by atoms with Crippen molar-refractivity contribution in [1.82, 2.24) is 0 Å². The molecular weight excluding hydrogens is 499 g/mol. The van der Waals surface area contributed by atoms with Gasteiger partial charge in [-0.05, 0) is 104 Å². The van der Waals surface area contributed by atoms with Gasteiger partial charge in [-0.25, -0.2) is 0 Å². The van der Waals surface area contributed by atoms with Gasteiger partial charge in [0, 0.05) is 22.3 Å². The fraction of sp³-hybridized carbons (Fsp3) is 0.0435. The largest absolute Gasteiger partial charge is 0.445 e. The Hall–Kier alpha value is -3.04. The highest BCUT2D eigenvalue weighted by atomic mass is 35.5. The maximum Gasteiger partial charge on any atom is 0.198 e. The zero-order chi connectivity index (χ0) is 22.5. The van der Waals surface area contributed by atoms with Crippen LogP contribution in [-0.4, -0.2) is 21.8 Å². The lowest BCUT2D eigenvalue weighted by atomic mass is 10.1. The summed E-state index contributed by atoms with van der Waals surface area (Å²) in [5.74, 6) is 1.06. The van der Waals surface area contributed by atoms with Gasteiger partial charge in [0.15, 0.2) is 10.1 Å². The smallest absolute Gasteiger partial charge is 0.198 e. The van der Waals surface area contributed by atoms with Gasteiger partial charge in [-0.3, -0.25) is 10.8 Å². The molecule has 0 bridgehead atoms. The van der Waals surface area contributed by atoms with Crippen LogP contribution >= 0.6 is 49.2 Å². The molecule has 3 aromatic rings. The zero-order valence-corrected chi connectivity index (χ0v) is 20.7. The fourth-order valence-electron chi connectivity index (χ4n) is 2.76. The highest BCUT2D eigenvalue weighted by molar-refractivity contribution is 7.80. The molecular formula is C23H22Cl2N4O2S2. The van der Waals surface area contributed by atoms with Crippen molar-refractivity contribution in [3.05, 3.63) is 94.5 Å². The van der Waals surface area contributed by atoms with E-state index in [1.165, 1.54) is 0 Å². The second-order valence-electron chi connectivity index (χ2n) is 6.74. The average Bonchev–Trinajstić information content (AvgIpc) is 2.74. The van der Waals surface area contributed by atoms with Crippen molar-refractivity contribution in [2.24, 2.45) is 11.5 Å². The molecule has 0 spiro atoms. The topological polar surface area (TPSA) is 118 Å². The molecule has 0 unspecified atom stereocenters. The number of ether oxygens (including phenoxy) is 2. The van der Waals surface area contributed by atoms with Crippen LogP contribution in [0.2, 0.25) is 0 Å². The number of thiocarbonyl (C=S) groups is 2. The maximum atomic E-state index is 7.45. The van der Waals surface area contributed by atoms with E-state index in [1.807, 2.05) is 25.1 Å². The standard InChI is InChI=1S/C23H20N4O2S2.2ClH/c1-13-10-16(22(30)28-18-6-2-14(3-7-18)20(24)25)12-17(11-13)23(31)29-19-8-4-15(5-9-19)21(26)27;;/h2-12H,1H3,(H3,24,25)(H3,26,27);2*1H. The molecule has 6 N–H and O–H groups in total. The number of halogens is 2. The molecule has 6 nitrogen and oxygen atoms in total. The highest BCUT2D eigenvalue weighted by Gasteiger charge is 2.12. The molecule has 0 aromatic heterocycles. The lowest BCUT2D eigenvalue weighted by molar-refractivity contribution is 0.564. The minimum atomic E-state index is -0.0121. The van der Waals surface area contributed by atoms with E-state index in [-0.39, 0.29) is 46.6 Å². The van der Waals surface area contributed by atoms with Crippen molar-refractivity contribution in [3.8, 4) is 11.5 Å². The number of rotatable bonds is 6. The molecule has 10 heteroatoms. The van der Waals surface area contributed by atoms with Gasteiger partial charge in [-0.1, -0.05) is 0 Å². The molecule has 0 aliphatic heterocycles. The van der Waals surface area contributed by atoms with Crippen molar-refractivity contribution >= 4 is 71.0 Å². The molecule has 0 aliphatic rings. The summed E-state index contributed by atoms with van der Waals surface area (Å²) >= 11 is 10.9.